The van der Waals surface area contributed by atoms with Gasteiger partial charge in [0.15, 0.2) is 0 Å². The second kappa shape index (κ2) is 7.20. The Balaban J connectivity index is 1.95. The van der Waals surface area contributed by atoms with E-state index in [4.69, 9.17) is 9.47 Å². The van der Waals surface area contributed by atoms with Gasteiger partial charge in [-0.2, -0.15) is 0 Å². The van der Waals surface area contributed by atoms with Crippen molar-refractivity contribution in [2.24, 2.45) is 5.92 Å². The average Bonchev–Trinajstić information content (AvgIpc) is 2.64. The van der Waals surface area contributed by atoms with E-state index < -0.39 is 0 Å². The Morgan fingerprint density at radius 1 is 1.47 bits per heavy atom. The van der Waals surface area contributed by atoms with Crippen molar-refractivity contribution in [2.75, 3.05) is 40.0 Å². The van der Waals surface area contributed by atoms with Crippen molar-refractivity contribution in [3.63, 3.8) is 0 Å². The molecule has 0 amide bonds. The van der Waals surface area contributed by atoms with E-state index in [1.165, 1.54) is 12.8 Å². The van der Waals surface area contributed by atoms with Crippen LogP contribution in [0.2, 0.25) is 0 Å². The molecular formula is C12H25NO2. The minimum Gasteiger partial charge on any atom is -0.380 e. The molecule has 0 aliphatic carbocycles. The van der Waals surface area contributed by atoms with Gasteiger partial charge in [-0.15, -0.1) is 0 Å². The number of likely N-dealkylation sites (N-methyl/N-ethyl adjacent to an activating group) is 1. The first-order chi connectivity index (χ1) is 7.18. The monoisotopic (exact) mass is 215 g/mol. The van der Waals surface area contributed by atoms with Gasteiger partial charge in [-0.3, -0.25) is 0 Å². The molecule has 3 nitrogen and oxygen atoms in total. The van der Waals surface area contributed by atoms with E-state index in [1.807, 2.05) is 0 Å². The second-order valence-corrected chi connectivity index (χ2v) is 4.87. The van der Waals surface area contributed by atoms with Crippen molar-refractivity contribution < 1.29 is 9.47 Å². The first kappa shape index (κ1) is 12.9. The van der Waals surface area contributed by atoms with E-state index in [-0.39, 0.29) is 0 Å². The third kappa shape index (κ3) is 6.13. The molecule has 0 saturated carbocycles. The molecular weight excluding hydrogens is 190 g/mol. The van der Waals surface area contributed by atoms with E-state index in [0.29, 0.717) is 12.0 Å². The fourth-order valence-electron chi connectivity index (χ4n) is 1.77. The second-order valence-electron chi connectivity index (χ2n) is 4.87. The number of rotatable bonds is 7. The fraction of sp³-hybridized carbons (Fsp3) is 1.00. The lowest BCUT2D eigenvalue weighted by molar-refractivity contribution is 0.0574. The van der Waals surface area contributed by atoms with Crippen molar-refractivity contribution in [1.29, 1.82) is 0 Å². The summed E-state index contributed by atoms with van der Waals surface area (Å²) in [4.78, 5) is 2.30. The highest BCUT2D eigenvalue weighted by molar-refractivity contribution is 4.68. The summed E-state index contributed by atoms with van der Waals surface area (Å²) < 4.78 is 11.1. The molecule has 1 aliphatic rings. The highest BCUT2D eigenvalue weighted by Crippen LogP contribution is 2.12. The summed E-state index contributed by atoms with van der Waals surface area (Å²) in [6.07, 6.45) is 2.90. The number of hydrogen-bond acceptors (Lipinski definition) is 3. The predicted molar refractivity (Wildman–Crippen MR) is 62.1 cm³/mol. The summed E-state index contributed by atoms with van der Waals surface area (Å²) in [6, 6.07) is 0. The molecule has 0 radical (unpaired) electrons. The van der Waals surface area contributed by atoms with Gasteiger partial charge in [0.05, 0.1) is 12.7 Å². The van der Waals surface area contributed by atoms with Gasteiger partial charge in [-0.1, -0.05) is 13.8 Å². The van der Waals surface area contributed by atoms with Gasteiger partial charge >= 0.3 is 0 Å². The van der Waals surface area contributed by atoms with Crippen LogP contribution in [0.5, 0.6) is 0 Å². The van der Waals surface area contributed by atoms with Crippen LogP contribution >= 0.6 is 0 Å². The molecule has 0 unspecified atom stereocenters. The van der Waals surface area contributed by atoms with Gasteiger partial charge < -0.3 is 14.4 Å². The summed E-state index contributed by atoms with van der Waals surface area (Å²) >= 11 is 0. The molecule has 1 atom stereocenters. The van der Waals surface area contributed by atoms with Crippen LogP contribution in [0.1, 0.15) is 26.7 Å². The lowest BCUT2D eigenvalue weighted by atomic mass is 10.2. The van der Waals surface area contributed by atoms with Gasteiger partial charge in [0, 0.05) is 26.3 Å². The van der Waals surface area contributed by atoms with Crippen LogP contribution in [0.25, 0.3) is 0 Å². The fourth-order valence-corrected chi connectivity index (χ4v) is 1.77. The smallest absolute Gasteiger partial charge is 0.0702 e. The van der Waals surface area contributed by atoms with Gasteiger partial charge in [-0.05, 0) is 25.8 Å². The maximum absolute atomic E-state index is 5.59. The highest BCUT2D eigenvalue weighted by Gasteiger charge is 2.16. The number of ether oxygens (including phenoxy) is 2. The molecule has 0 N–H and O–H groups in total. The van der Waals surface area contributed by atoms with E-state index in [0.717, 1.165) is 32.9 Å². The molecule has 15 heavy (non-hydrogen) atoms. The Kier molecular flexibility index (Phi) is 6.22. The topological polar surface area (TPSA) is 21.7 Å². The zero-order chi connectivity index (χ0) is 11.1. The third-order valence-electron chi connectivity index (χ3n) is 2.61. The zero-order valence-corrected chi connectivity index (χ0v) is 10.4. The van der Waals surface area contributed by atoms with Crippen molar-refractivity contribution in [3.05, 3.63) is 0 Å². The van der Waals surface area contributed by atoms with Crippen LogP contribution < -0.4 is 0 Å². The highest BCUT2D eigenvalue weighted by atomic mass is 16.5. The molecule has 1 saturated heterocycles. The summed E-state index contributed by atoms with van der Waals surface area (Å²) in [5.74, 6) is 0.633. The minimum atomic E-state index is 0.458. The number of hydrogen-bond donors (Lipinski definition) is 0. The maximum Gasteiger partial charge on any atom is 0.0702 e. The molecule has 0 aromatic rings. The molecule has 1 rings (SSSR count). The Hall–Kier alpha value is -0.120. The molecule has 90 valence electrons. The molecule has 1 fully saturated rings. The van der Waals surface area contributed by atoms with Crippen LogP contribution in [0.3, 0.4) is 0 Å². The van der Waals surface area contributed by atoms with Gasteiger partial charge in [0.25, 0.3) is 0 Å². The lowest BCUT2D eigenvalue weighted by Gasteiger charge is -2.20. The summed E-state index contributed by atoms with van der Waals surface area (Å²) in [5, 5.41) is 0. The lowest BCUT2D eigenvalue weighted by Crippen LogP contribution is -2.31. The van der Waals surface area contributed by atoms with Gasteiger partial charge in [-0.25, -0.2) is 0 Å². The van der Waals surface area contributed by atoms with Gasteiger partial charge in [0.1, 0.15) is 0 Å². The normalized spacial score (nSPS) is 21.8. The van der Waals surface area contributed by atoms with E-state index >= 15 is 0 Å². The first-order valence-electron chi connectivity index (χ1n) is 6.06. The van der Waals surface area contributed by atoms with Crippen LogP contribution in [-0.4, -0.2) is 51.0 Å². The zero-order valence-electron chi connectivity index (χ0n) is 10.4. The molecule has 0 aromatic carbocycles. The van der Waals surface area contributed by atoms with Crippen molar-refractivity contribution in [1.82, 2.24) is 4.90 Å². The Morgan fingerprint density at radius 2 is 2.27 bits per heavy atom. The average molecular weight is 215 g/mol. The Bertz CT molecular complexity index is 156. The summed E-state index contributed by atoms with van der Waals surface area (Å²) in [5.41, 5.74) is 0. The molecule has 1 heterocycles. The summed E-state index contributed by atoms with van der Waals surface area (Å²) in [7, 11) is 2.14. The first-order valence-corrected chi connectivity index (χ1v) is 6.06. The Morgan fingerprint density at radius 3 is 2.87 bits per heavy atom. The van der Waals surface area contributed by atoms with E-state index in [9.17, 15) is 0 Å². The van der Waals surface area contributed by atoms with Crippen molar-refractivity contribution in [3.8, 4) is 0 Å². The molecule has 0 aromatic heterocycles. The van der Waals surface area contributed by atoms with Crippen molar-refractivity contribution in [2.45, 2.75) is 32.8 Å². The van der Waals surface area contributed by atoms with E-state index in [2.05, 4.69) is 25.8 Å². The maximum atomic E-state index is 5.59. The molecule has 0 spiro atoms. The standard InChI is InChI=1S/C12H25NO2/c1-11(2)10-14-8-6-13(3)9-12-5-4-7-15-12/h11-12H,4-10H2,1-3H3/t12-/m0/s1. The Labute approximate surface area is 93.7 Å². The summed E-state index contributed by atoms with van der Waals surface area (Å²) in [6.45, 7) is 9.06. The minimum absolute atomic E-state index is 0.458. The SMILES string of the molecule is CC(C)COCCN(C)C[C@@H]1CCCO1. The van der Waals surface area contributed by atoms with Crippen LogP contribution in [0, 0.1) is 5.92 Å². The van der Waals surface area contributed by atoms with E-state index in [1.54, 1.807) is 0 Å². The predicted octanol–water partition coefficient (Wildman–Crippen LogP) is 1.77. The van der Waals surface area contributed by atoms with Crippen LogP contribution in [-0.2, 0) is 9.47 Å². The van der Waals surface area contributed by atoms with Gasteiger partial charge in [0.2, 0.25) is 0 Å². The number of nitrogens with zero attached hydrogens (tertiary/aromatic N) is 1. The quantitative estimate of drug-likeness (QED) is 0.604. The van der Waals surface area contributed by atoms with Crippen LogP contribution in [0.15, 0.2) is 0 Å². The molecule has 1 aliphatic heterocycles. The van der Waals surface area contributed by atoms with Crippen molar-refractivity contribution >= 4 is 0 Å². The van der Waals surface area contributed by atoms with Crippen LogP contribution in [0.4, 0.5) is 0 Å². The third-order valence-corrected chi connectivity index (χ3v) is 2.61. The molecule has 3 heteroatoms. The molecule has 0 bridgehead atoms. The largest absolute Gasteiger partial charge is 0.380 e.